The number of carbonyl (C=O) groups is 2. The first kappa shape index (κ1) is 17.6. The fraction of sp³-hybridized carbons (Fsp3) is 0.667. The van der Waals surface area contributed by atoms with Crippen LogP contribution < -0.4 is 0 Å². The molecule has 0 radical (unpaired) electrons. The van der Waals surface area contributed by atoms with E-state index in [1.54, 1.807) is 6.92 Å². The molecule has 1 N–H and O–H groups in total. The average molecular weight is 320 g/mol. The van der Waals surface area contributed by atoms with Gasteiger partial charge in [0.15, 0.2) is 0 Å². The Labute approximate surface area is 138 Å². The van der Waals surface area contributed by atoms with Gasteiger partial charge in [-0.3, -0.25) is 4.79 Å². The first-order valence-corrected chi connectivity index (χ1v) is 8.57. The van der Waals surface area contributed by atoms with E-state index < -0.39 is 0 Å². The second-order valence-electron chi connectivity index (χ2n) is 6.51. The summed E-state index contributed by atoms with van der Waals surface area (Å²) in [6, 6.07) is 0. The first-order chi connectivity index (χ1) is 10.9. The van der Waals surface area contributed by atoms with Gasteiger partial charge >= 0.3 is 5.97 Å². The van der Waals surface area contributed by atoms with Crippen molar-refractivity contribution in [3.05, 3.63) is 22.5 Å². The Morgan fingerprint density at radius 1 is 1.26 bits per heavy atom. The van der Waals surface area contributed by atoms with Crippen LogP contribution in [0.15, 0.2) is 0 Å². The fourth-order valence-corrected chi connectivity index (χ4v) is 3.22. The monoisotopic (exact) mass is 320 g/mol. The molecule has 2 rings (SSSR count). The molecule has 0 saturated carbocycles. The summed E-state index contributed by atoms with van der Waals surface area (Å²) in [6.07, 6.45) is 3.31. The Kier molecular flexibility index (Phi) is 5.85. The number of nitrogens with zero attached hydrogens (tertiary/aromatic N) is 1. The van der Waals surface area contributed by atoms with Crippen molar-refractivity contribution in [2.45, 2.75) is 53.4 Å². The lowest BCUT2D eigenvalue weighted by atomic mass is 9.99. The number of likely N-dealkylation sites (tertiary alicyclic amines) is 1. The van der Waals surface area contributed by atoms with E-state index in [9.17, 15) is 9.59 Å². The van der Waals surface area contributed by atoms with Crippen molar-refractivity contribution in [1.82, 2.24) is 9.88 Å². The quantitative estimate of drug-likeness (QED) is 0.848. The molecule has 0 aliphatic carbocycles. The third-order valence-corrected chi connectivity index (χ3v) is 4.75. The molecular formula is C18H28N2O3. The van der Waals surface area contributed by atoms with Crippen molar-refractivity contribution in [3.8, 4) is 0 Å². The summed E-state index contributed by atoms with van der Waals surface area (Å²) in [5, 5.41) is 0. The molecule has 2 heterocycles. The molecule has 0 bridgehead atoms. The molecule has 0 spiro atoms. The minimum Gasteiger partial charge on any atom is -0.462 e. The van der Waals surface area contributed by atoms with Crippen molar-refractivity contribution in [2.75, 3.05) is 19.7 Å². The molecule has 128 valence electrons. The lowest BCUT2D eigenvalue weighted by Crippen LogP contribution is -2.38. The van der Waals surface area contributed by atoms with Crippen molar-refractivity contribution in [1.29, 1.82) is 0 Å². The number of hydrogen-bond donors (Lipinski definition) is 1. The number of aromatic nitrogens is 1. The van der Waals surface area contributed by atoms with Gasteiger partial charge in [-0.15, -0.1) is 0 Å². The van der Waals surface area contributed by atoms with E-state index in [4.69, 9.17) is 4.74 Å². The minimum atomic E-state index is -0.290. The van der Waals surface area contributed by atoms with Crippen molar-refractivity contribution in [3.63, 3.8) is 0 Å². The summed E-state index contributed by atoms with van der Waals surface area (Å²) >= 11 is 0. The lowest BCUT2D eigenvalue weighted by molar-refractivity contribution is -0.132. The van der Waals surface area contributed by atoms with E-state index >= 15 is 0 Å². The molecule has 1 aliphatic heterocycles. The summed E-state index contributed by atoms with van der Waals surface area (Å²) < 4.78 is 5.10. The van der Waals surface area contributed by atoms with Crippen LogP contribution in [-0.2, 0) is 16.0 Å². The highest BCUT2D eigenvalue weighted by molar-refractivity contribution is 5.92. The van der Waals surface area contributed by atoms with Crippen molar-refractivity contribution in [2.24, 2.45) is 5.92 Å². The SMILES string of the molecule is CCOC(=O)c1c(C)[nH]c(CCC(=O)N2CCC(C)CC2)c1C. The maximum Gasteiger partial charge on any atom is 0.340 e. The van der Waals surface area contributed by atoms with E-state index in [0.29, 0.717) is 25.0 Å². The molecule has 0 unspecified atom stereocenters. The normalized spacial score (nSPS) is 15.7. The number of esters is 1. The molecule has 1 saturated heterocycles. The number of amides is 1. The third kappa shape index (κ3) is 4.15. The van der Waals surface area contributed by atoms with Crippen LogP contribution in [0.1, 0.15) is 60.4 Å². The Balaban J connectivity index is 1.97. The molecule has 0 atom stereocenters. The third-order valence-electron chi connectivity index (χ3n) is 4.75. The smallest absolute Gasteiger partial charge is 0.340 e. The highest BCUT2D eigenvalue weighted by Gasteiger charge is 2.22. The molecule has 0 aromatic carbocycles. The van der Waals surface area contributed by atoms with E-state index in [1.165, 1.54) is 0 Å². The summed E-state index contributed by atoms with van der Waals surface area (Å²) in [5.74, 6) is 0.641. The summed E-state index contributed by atoms with van der Waals surface area (Å²) in [5.41, 5.74) is 3.29. The second-order valence-corrected chi connectivity index (χ2v) is 6.51. The van der Waals surface area contributed by atoms with Crippen molar-refractivity contribution < 1.29 is 14.3 Å². The molecule has 23 heavy (non-hydrogen) atoms. The van der Waals surface area contributed by atoms with Crippen LogP contribution in [0.4, 0.5) is 0 Å². The van der Waals surface area contributed by atoms with Crippen molar-refractivity contribution >= 4 is 11.9 Å². The first-order valence-electron chi connectivity index (χ1n) is 8.57. The molecule has 1 aromatic rings. The number of piperidine rings is 1. The zero-order chi connectivity index (χ0) is 17.0. The van der Waals surface area contributed by atoms with E-state index in [-0.39, 0.29) is 11.9 Å². The number of carbonyl (C=O) groups excluding carboxylic acids is 2. The number of ether oxygens (including phenoxy) is 1. The number of H-pyrrole nitrogens is 1. The number of aryl methyl sites for hydroxylation is 2. The van der Waals surface area contributed by atoms with Crippen LogP contribution in [0.5, 0.6) is 0 Å². The van der Waals surface area contributed by atoms with Crippen LogP contribution >= 0.6 is 0 Å². The Morgan fingerprint density at radius 3 is 2.52 bits per heavy atom. The topological polar surface area (TPSA) is 62.4 Å². The van der Waals surface area contributed by atoms with Gasteiger partial charge in [0, 0.05) is 30.9 Å². The van der Waals surface area contributed by atoms with Gasteiger partial charge in [-0.25, -0.2) is 4.79 Å². The summed E-state index contributed by atoms with van der Waals surface area (Å²) in [6.45, 7) is 9.94. The predicted molar refractivity (Wildman–Crippen MR) is 89.5 cm³/mol. The average Bonchev–Trinajstić information content (AvgIpc) is 2.80. The van der Waals surface area contributed by atoms with E-state index in [0.717, 1.165) is 48.8 Å². The van der Waals surface area contributed by atoms with Gasteiger partial charge in [0.05, 0.1) is 12.2 Å². The van der Waals surface area contributed by atoms with Gasteiger partial charge in [0.1, 0.15) is 0 Å². The van der Waals surface area contributed by atoms with Crippen LogP contribution in [0, 0.1) is 19.8 Å². The highest BCUT2D eigenvalue weighted by atomic mass is 16.5. The maximum atomic E-state index is 12.3. The van der Waals surface area contributed by atoms with Gasteiger partial charge in [0.25, 0.3) is 0 Å². The van der Waals surface area contributed by atoms with Gasteiger partial charge in [-0.05, 0) is 51.5 Å². The molecule has 5 nitrogen and oxygen atoms in total. The number of aromatic amines is 1. The molecule has 1 aromatic heterocycles. The standard InChI is InChI=1S/C18H28N2O3/c1-5-23-18(22)17-13(3)15(19-14(17)4)6-7-16(21)20-10-8-12(2)9-11-20/h12,19H,5-11H2,1-4H3. The maximum absolute atomic E-state index is 12.3. The largest absolute Gasteiger partial charge is 0.462 e. The Bertz CT molecular complexity index is 569. The van der Waals surface area contributed by atoms with E-state index in [2.05, 4.69) is 11.9 Å². The molecule has 5 heteroatoms. The number of rotatable bonds is 5. The van der Waals surface area contributed by atoms with E-state index in [1.807, 2.05) is 18.7 Å². The van der Waals surface area contributed by atoms with Crippen LogP contribution in [0.3, 0.4) is 0 Å². The van der Waals surface area contributed by atoms with Gasteiger partial charge in [-0.1, -0.05) is 6.92 Å². The molecule has 1 fully saturated rings. The van der Waals surface area contributed by atoms with Crippen LogP contribution in [0.25, 0.3) is 0 Å². The molecule has 1 amide bonds. The van der Waals surface area contributed by atoms with Crippen LogP contribution in [-0.4, -0.2) is 41.5 Å². The summed E-state index contributed by atoms with van der Waals surface area (Å²) in [7, 11) is 0. The Hall–Kier alpha value is -1.78. The second kappa shape index (κ2) is 7.66. The molecule has 1 aliphatic rings. The zero-order valence-electron chi connectivity index (χ0n) is 14.7. The summed E-state index contributed by atoms with van der Waals surface area (Å²) in [4.78, 5) is 29.6. The Morgan fingerprint density at radius 2 is 1.91 bits per heavy atom. The highest BCUT2D eigenvalue weighted by Crippen LogP contribution is 2.21. The number of nitrogens with one attached hydrogen (secondary N) is 1. The molecular weight excluding hydrogens is 292 g/mol. The predicted octanol–water partition coefficient (Wildman–Crippen LogP) is 3.00. The van der Waals surface area contributed by atoms with Gasteiger partial charge in [0.2, 0.25) is 5.91 Å². The lowest BCUT2D eigenvalue weighted by Gasteiger charge is -2.30. The fourth-order valence-electron chi connectivity index (χ4n) is 3.22. The zero-order valence-corrected chi connectivity index (χ0v) is 14.7. The number of hydrogen-bond acceptors (Lipinski definition) is 3. The minimum absolute atomic E-state index is 0.209. The van der Waals surface area contributed by atoms with Crippen LogP contribution in [0.2, 0.25) is 0 Å². The van der Waals surface area contributed by atoms with Gasteiger partial charge < -0.3 is 14.6 Å². The van der Waals surface area contributed by atoms with Gasteiger partial charge in [-0.2, -0.15) is 0 Å².